The monoisotopic (exact) mass is 285 g/mol. The second-order valence-corrected chi connectivity index (χ2v) is 6.17. The Kier molecular flexibility index (Phi) is 3.68. The summed E-state index contributed by atoms with van der Waals surface area (Å²) in [5, 5.41) is 3.39. The maximum atomic E-state index is 12.9. The molecule has 2 aromatic rings. The van der Waals surface area contributed by atoms with Crippen LogP contribution in [0, 0.1) is 5.82 Å². The molecule has 0 bridgehead atoms. The molecule has 0 aliphatic carbocycles. The number of rotatable bonds is 4. The maximum Gasteiger partial charge on any atom is 0.127 e. The van der Waals surface area contributed by atoms with Crippen LogP contribution in [0.25, 0.3) is 0 Å². The van der Waals surface area contributed by atoms with Crippen LogP contribution in [0.1, 0.15) is 30.5 Å². The van der Waals surface area contributed by atoms with Crippen LogP contribution in [0.5, 0.6) is 5.75 Å². The Bertz CT molecular complexity index is 634. The van der Waals surface area contributed by atoms with E-state index in [-0.39, 0.29) is 11.4 Å². The van der Waals surface area contributed by atoms with Gasteiger partial charge in [-0.05, 0) is 37.1 Å². The fourth-order valence-electron chi connectivity index (χ4n) is 2.76. The number of ether oxygens (including phenoxy) is 1. The van der Waals surface area contributed by atoms with Crippen molar-refractivity contribution in [2.75, 3.05) is 0 Å². The first-order valence-corrected chi connectivity index (χ1v) is 7.28. The number of hydrogen-bond donors (Lipinski definition) is 1. The number of para-hydroxylation sites is 1. The van der Waals surface area contributed by atoms with Gasteiger partial charge in [-0.25, -0.2) is 4.39 Å². The molecule has 3 heteroatoms. The van der Waals surface area contributed by atoms with Crippen molar-refractivity contribution in [1.82, 2.24) is 5.32 Å². The molecule has 3 rings (SSSR count). The zero-order valence-corrected chi connectivity index (χ0v) is 12.4. The summed E-state index contributed by atoms with van der Waals surface area (Å²) in [6.45, 7) is 5.69. The molecule has 0 atom stereocenters. The van der Waals surface area contributed by atoms with Crippen molar-refractivity contribution in [2.24, 2.45) is 0 Å². The molecular weight excluding hydrogens is 265 g/mol. The first-order chi connectivity index (χ1) is 10.0. The van der Waals surface area contributed by atoms with E-state index in [0.717, 1.165) is 24.3 Å². The Morgan fingerprint density at radius 2 is 1.86 bits per heavy atom. The molecule has 0 saturated heterocycles. The molecular formula is C18H20FNO. The smallest absolute Gasteiger partial charge is 0.127 e. The molecule has 1 N–H and O–H groups in total. The molecule has 1 aliphatic heterocycles. The first-order valence-electron chi connectivity index (χ1n) is 7.28. The van der Waals surface area contributed by atoms with E-state index < -0.39 is 0 Å². The summed E-state index contributed by atoms with van der Waals surface area (Å²) in [6.07, 6.45) is 0.953. The van der Waals surface area contributed by atoms with Gasteiger partial charge in [-0.1, -0.05) is 30.3 Å². The van der Waals surface area contributed by atoms with Gasteiger partial charge in [0.25, 0.3) is 0 Å². The zero-order chi connectivity index (χ0) is 14.9. The fourth-order valence-corrected chi connectivity index (χ4v) is 2.76. The highest BCUT2D eigenvalue weighted by Crippen LogP contribution is 2.37. The molecule has 0 unspecified atom stereocenters. The highest BCUT2D eigenvalue weighted by atomic mass is 19.1. The summed E-state index contributed by atoms with van der Waals surface area (Å²) >= 11 is 0. The van der Waals surface area contributed by atoms with Gasteiger partial charge >= 0.3 is 0 Å². The topological polar surface area (TPSA) is 21.3 Å². The van der Waals surface area contributed by atoms with Crippen LogP contribution < -0.4 is 10.1 Å². The largest absolute Gasteiger partial charge is 0.487 e. The van der Waals surface area contributed by atoms with Crippen molar-refractivity contribution in [3.8, 4) is 5.75 Å². The highest BCUT2D eigenvalue weighted by Gasteiger charge is 2.31. The average molecular weight is 285 g/mol. The van der Waals surface area contributed by atoms with Crippen LogP contribution in [-0.2, 0) is 19.5 Å². The van der Waals surface area contributed by atoms with Crippen molar-refractivity contribution in [1.29, 1.82) is 0 Å². The SMILES string of the molecule is CC1(C)Cc2cccc(CNCc3ccc(F)cc3)c2O1. The highest BCUT2D eigenvalue weighted by molar-refractivity contribution is 5.45. The van der Waals surface area contributed by atoms with Crippen molar-refractivity contribution < 1.29 is 9.13 Å². The van der Waals surface area contributed by atoms with Gasteiger partial charge < -0.3 is 10.1 Å². The molecule has 0 saturated carbocycles. The van der Waals surface area contributed by atoms with E-state index in [0.29, 0.717) is 6.54 Å². The van der Waals surface area contributed by atoms with Crippen molar-refractivity contribution >= 4 is 0 Å². The van der Waals surface area contributed by atoms with E-state index in [9.17, 15) is 4.39 Å². The van der Waals surface area contributed by atoms with Gasteiger partial charge in [0.2, 0.25) is 0 Å². The van der Waals surface area contributed by atoms with Crippen molar-refractivity contribution in [3.63, 3.8) is 0 Å². The van der Waals surface area contributed by atoms with Gasteiger partial charge in [0.05, 0.1) is 0 Å². The maximum absolute atomic E-state index is 12.9. The van der Waals surface area contributed by atoms with Crippen LogP contribution in [0.15, 0.2) is 42.5 Å². The molecule has 0 fully saturated rings. The van der Waals surface area contributed by atoms with E-state index >= 15 is 0 Å². The molecule has 0 radical (unpaired) electrons. The van der Waals surface area contributed by atoms with E-state index in [2.05, 4.69) is 37.4 Å². The molecule has 1 aliphatic rings. The van der Waals surface area contributed by atoms with Crippen LogP contribution in [-0.4, -0.2) is 5.60 Å². The third-order valence-electron chi connectivity index (χ3n) is 3.73. The van der Waals surface area contributed by atoms with Gasteiger partial charge in [0, 0.05) is 25.1 Å². The lowest BCUT2D eigenvalue weighted by atomic mass is 10.0. The first kappa shape index (κ1) is 14.1. The Labute approximate surface area is 125 Å². The minimum atomic E-state index is -0.199. The second-order valence-electron chi connectivity index (χ2n) is 6.17. The number of hydrogen-bond acceptors (Lipinski definition) is 2. The lowest BCUT2D eigenvalue weighted by Gasteiger charge is -2.18. The zero-order valence-electron chi connectivity index (χ0n) is 12.4. The van der Waals surface area contributed by atoms with Gasteiger partial charge in [-0.2, -0.15) is 0 Å². The Hall–Kier alpha value is -1.87. The molecule has 1 heterocycles. The van der Waals surface area contributed by atoms with E-state index in [1.165, 1.54) is 23.3 Å². The molecule has 0 aromatic heterocycles. The Balaban J connectivity index is 1.64. The lowest BCUT2D eigenvalue weighted by molar-refractivity contribution is 0.137. The summed E-state index contributed by atoms with van der Waals surface area (Å²) in [7, 11) is 0. The normalized spacial score (nSPS) is 15.6. The fraction of sp³-hybridized carbons (Fsp3) is 0.333. The van der Waals surface area contributed by atoms with E-state index in [1.807, 2.05) is 0 Å². The number of benzene rings is 2. The van der Waals surface area contributed by atoms with Crippen molar-refractivity contribution in [2.45, 2.75) is 39.0 Å². The van der Waals surface area contributed by atoms with Crippen LogP contribution in [0.2, 0.25) is 0 Å². The van der Waals surface area contributed by atoms with Crippen LogP contribution >= 0.6 is 0 Å². The summed E-state index contributed by atoms with van der Waals surface area (Å²) in [6, 6.07) is 12.9. The quantitative estimate of drug-likeness (QED) is 0.922. The molecule has 2 aromatic carbocycles. The minimum Gasteiger partial charge on any atom is -0.487 e. The van der Waals surface area contributed by atoms with Gasteiger partial charge in [-0.3, -0.25) is 0 Å². The van der Waals surface area contributed by atoms with E-state index in [4.69, 9.17) is 4.74 Å². The summed E-state index contributed by atoms with van der Waals surface area (Å²) in [4.78, 5) is 0. The average Bonchev–Trinajstić information content (AvgIpc) is 2.76. The Morgan fingerprint density at radius 3 is 2.62 bits per heavy atom. The molecule has 21 heavy (non-hydrogen) atoms. The molecule has 110 valence electrons. The van der Waals surface area contributed by atoms with E-state index in [1.54, 1.807) is 12.1 Å². The summed E-state index contributed by atoms with van der Waals surface area (Å²) in [5.74, 6) is 0.823. The number of fused-ring (bicyclic) bond motifs is 1. The summed E-state index contributed by atoms with van der Waals surface area (Å²) in [5.41, 5.74) is 3.42. The number of halogens is 1. The van der Waals surface area contributed by atoms with Crippen molar-refractivity contribution in [3.05, 3.63) is 65.0 Å². The third-order valence-corrected chi connectivity index (χ3v) is 3.73. The summed E-state index contributed by atoms with van der Waals surface area (Å²) < 4.78 is 18.9. The molecule has 0 amide bonds. The third kappa shape index (κ3) is 3.24. The second kappa shape index (κ2) is 5.49. The van der Waals surface area contributed by atoms with Crippen LogP contribution in [0.4, 0.5) is 4.39 Å². The van der Waals surface area contributed by atoms with Gasteiger partial charge in [-0.15, -0.1) is 0 Å². The van der Waals surface area contributed by atoms with Crippen LogP contribution in [0.3, 0.4) is 0 Å². The lowest BCUT2D eigenvalue weighted by Crippen LogP contribution is -2.25. The minimum absolute atomic E-state index is 0.116. The molecule has 2 nitrogen and oxygen atoms in total. The standard InChI is InChI=1S/C18H20FNO/c1-18(2)10-14-4-3-5-15(17(14)21-18)12-20-11-13-6-8-16(19)9-7-13/h3-9,20H,10-12H2,1-2H3. The number of nitrogens with one attached hydrogen (secondary N) is 1. The van der Waals surface area contributed by atoms with Gasteiger partial charge in [0.1, 0.15) is 17.2 Å². The molecule has 0 spiro atoms. The Morgan fingerprint density at radius 1 is 1.10 bits per heavy atom. The predicted molar refractivity (Wildman–Crippen MR) is 81.8 cm³/mol. The van der Waals surface area contributed by atoms with Gasteiger partial charge in [0.15, 0.2) is 0 Å². The predicted octanol–water partition coefficient (Wildman–Crippen LogP) is 3.83.